The predicted octanol–water partition coefficient (Wildman–Crippen LogP) is 1.44. The number of hydrogen-bond acceptors (Lipinski definition) is 4. The molecule has 0 aliphatic carbocycles. The SMILES string of the molecule is CCCNC(=O)c1cc(C)nc([N+](=O)[O-])c1. The van der Waals surface area contributed by atoms with E-state index in [1.54, 1.807) is 6.92 Å². The molecule has 0 radical (unpaired) electrons. The summed E-state index contributed by atoms with van der Waals surface area (Å²) in [6, 6.07) is 2.70. The molecule has 1 amide bonds. The van der Waals surface area contributed by atoms with Gasteiger partial charge in [0.1, 0.15) is 0 Å². The summed E-state index contributed by atoms with van der Waals surface area (Å²) in [4.78, 5) is 25.2. The van der Waals surface area contributed by atoms with Crippen molar-refractivity contribution in [1.82, 2.24) is 10.3 Å². The maximum atomic E-state index is 11.6. The minimum absolute atomic E-state index is 0.271. The number of rotatable bonds is 4. The molecular formula is C10H13N3O3. The summed E-state index contributed by atoms with van der Waals surface area (Å²) in [5.74, 6) is -0.614. The lowest BCUT2D eigenvalue weighted by Gasteiger charge is -2.03. The third kappa shape index (κ3) is 3.01. The number of pyridine rings is 1. The van der Waals surface area contributed by atoms with Crippen LogP contribution >= 0.6 is 0 Å². The van der Waals surface area contributed by atoms with Crippen molar-refractivity contribution >= 4 is 11.7 Å². The number of nitrogens with zero attached hydrogens (tertiary/aromatic N) is 2. The van der Waals surface area contributed by atoms with E-state index >= 15 is 0 Å². The molecule has 1 rings (SSSR count). The topological polar surface area (TPSA) is 85.1 Å². The lowest BCUT2D eigenvalue weighted by molar-refractivity contribution is -0.389. The van der Waals surface area contributed by atoms with Gasteiger partial charge in [-0.25, -0.2) is 0 Å². The number of amides is 1. The number of aryl methyl sites for hydroxylation is 1. The Bertz CT molecular complexity index is 418. The van der Waals surface area contributed by atoms with Gasteiger partial charge in [-0.05, 0) is 22.4 Å². The summed E-state index contributed by atoms with van der Waals surface area (Å²) in [6.45, 7) is 4.10. The predicted molar refractivity (Wildman–Crippen MR) is 58.3 cm³/mol. The van der Waals surface area contributed by atoms with Crippen LogP contribution in [0.25, 0.3) is 0 Å². The molecule has 0 bridgehead atoms. The molecule has 0 aliphatic heterocycles. The minimum Gasteiger partial charge on any atom is -0.358 e. The molecule has 0 aliphatic rings. The van der Waals surface area contributed by atoms with Gasteiger partial charge < -0.3 is 15.4 Å². The number of carbonyl (C=O) groups is 1. The zero-order valence-electron chi connectivity index (χ0n) is 9.19. The second-order valence-electron chi connectivity index (χ2n) is 3.37. The van der Waals surface area contributed by atoms with Crippen LogP contribution in [0.1, 0.15) is 29.4 Å². The Morgan fingerprint density at radius 2 is 2.25 bits per heavy atom. The Morgan fingerprint density at radius 1 is 1.56 bits per heavy atom. The number of nitrogens with one attached hydrogen (secondary N) is 1. The number of nitro groups is 1. The van der Waals surface area contributed by atoms with Crippen molar-refractivity contribution in [2.75, 3.05) is 6.54 Å². The third-order valence-electron chi connectivity index (χ3n) is 1.92. The van der Waals surface area contributed by atoms with E-state index in [1.807, 2.05) is 6.92 Å². The maximum Gasteiger partial charge on any atom is 0.364 e. The molecule has 1 aromatic rings. The van der Waals surface area contributed by atoms with E-state index in [0.717, 1.165) is 6.42 Å². The van der Waals surface area contributed by atoms with Crippen LogP contribution in [0.15, 0.2) is 12.1 Å². The lowest BCUT2D eigenvalue weighted by atomic mass is 10.2. The third-order valence-corrected chi connectivity index (χ3v) is 1.92. The van der Waals surface area contributed by atoms with Gasteiger partial charge in [-0.15, -0.1) is 0 Å². The van der Waals surface area contributed by atoms with Gasteiger partial charge in [0.15, 0.2) is 5.69 Å². The fourth-order valence-electron chi connectivity index (χ4n) is 1.22. The van der Waals surface area contributed by atoms with Gasteiger partial charge in [0.05, 0.1) is 5.56 Å². The first-order valence-corrected chi connectivity index (χ1v) is 4.96. The average molecular weight is 223 g/mol. The monoisotopic (exact) mass is 223 g/mol. The second-order valence-corrected chi connectivity index (χ2v) is 3.37. The Kier molecular flexibility index (Phi) is 3.93. The number of hydrogen-bond donors (Lipinski definition) is 1. The van der Waals surface area contributed by atoms with Gasteiger partial charge in [0, 0.05) is 19.5 Å². The first kappa shape index (κ1) is 12.1. The molecule has 0 spiro atoms. The molecule has 0 saturated heterocycles. The number of carbonyl (C=O) groups excluding carboxylic acids is 1. The molecule has 0 unspecified atom stereocenters. The number of aromatic nitrogens is 1. The molecule has 0 saturated carbocycles. The summed E-state index contributed by atoms with van der Waals surface area (Å²) in [7, 11) is 0. The van der Waals surface area contributed by atoms with Crippen molar-refractivity contribution in [3.63, 3.8) is 0 Å². The van der Waals surface area contributed by atoms with E-state index in [9.17, 15) is 14.9 Å². The molecular weight excluding hydrogens is 210 g/mol. The van der Waals surface area contributed by atoms with Crippen LogP contribution < -0.4 is 5.32 Å². The highest BCUT2D eigenvalue weighted by atomic mass is 16.6. The highest BCUT2D eigenvalue weighted by molar-refractivity contribution is 5.94. The first-order chi connectivity index (χ1) is 7.54. The van der Waals surface area contributed by atoms with E-state index in [0.29, 0.717) is 12.2 Å². The van der Waals surface area contributed by atoms with E-state index in [2.05, 4.69) is 10.3 Å². The maximum absolute atomic E-state index is 11.6. The first-order valence-electron chi connectivity index (χ1n) is 4.96. The van der Waals surface area contributed by atoms with E-state index in [4.69, 9.17) is 0 Å². The van der Waals surface area contributed by atoms with E-state index in [1.165, 1.54) is 12.1 Å². The van der Waals surface area contributed by atoms with Crippen LogP contribution in [0.2, 0.25) is 0 Å². The lowest BCUT2D eigenvalue weighted by Crippen LogP contribution is -2.24. The summed E-state index contributed by atoms with van der Waals surface area (Å²) < 4.78 is 0. The van der Waals surface area contributed by atoms with E-state index in [-0.39, 0.29) is 17.3 Å². The van der Waals surface area contributed by atoms with Crippen LogP contribution in [0.4, 0.5) is 5.82 Å². The highest BCUT2D eigenvalue weighted by Crippen LogP contribution is 2.12. The van der Waals surface area contributed by atoms with Gasteiger partial charge in [-0.3, -0.25) is 4.79 Å². The Balaban J connectivity index is 2.95. The quantitative estimate of drug-likeness (QED) is 0.618. The van der Waals surface area contributed by atoms with Crippen molar-refractivity contribution in [2.45, 2.75) is 20.3 Å². The van der Waals surface area contributed by atoms with Gasteiger partial charge in [0.2, 0.25) is 0 Å². The normalized spacial score (nSPS) is 9.88. The molecule has 6 nitrogen and oxygen atoms in total. The molecule has 0 fully saturated rings. The van der Waals surface area contributed by atoms with Crippen LogP contribution in [0, 0.1) is 17.0 Å². The molecule has 0 aromatic carbocycles. The van der Waals surface area contributed by atoms with E-state index < -0.39 is 4.92 Å². The molecule has 1 N–H and O–H groups in total. The van der Waals surface area contributed by atoms with Crippen LogP contribution in [0.3, 0.4) is 0 Å². The summed E-state index contributed by atoms with van der Waals surface area (Å²) in [6.07, 6.45) is 0.817. The van der Waals surface area contributed by atoms with Crippen LogP contribution in [-0.4, -0.2) is 22.4 Å². The molecule has 1 aromatic heterocycles. The largest absolute Gasteiger partial charge is 0.364 e. The average Bonchev–Trinajstić information content (AvgIpc) is 2.24. The minimum atomic E-state index is -0.608. The molecule has 0 atom stereocenters. The van der Waals surface area contributed by atoms with Gasteiger partial charge in [-0.2, -0.15) is 0 Å². The summed E-state index contributed by atoms with van der Waals surface area (Å²) >= 11 is 0. The standard InChI is InChI=1S/C10H13N3O3/c1-3-4-11-10(14)8-5-7(2)12-9(6-8)13(15)16/h5-6H,3-4H2,1-2H3,(H,11,14). The Hall–Kier alpha value is -1.98. The van der Waals surface area contributed by atoms with Crippen molar-refractivity contribution in [3.8, 4) is 0 Å². The van der Waals surface area contributed by atoms with Gasteiger partial charge in [0.25, 0.3) is 5.91 Å². The second kappa shape index (κ2) is 5.20. The van der Waals surface area contributed by atoms with Crippen LogP contribution in [-0.2, 0) is 0 Å². The Labute approximate surface area is 92.8 Å². The van der Waals surface area contributed by atoms with Crippen molar-refractivity contribution in [3.05, 3.63) is 33.5 Å². The molecule has 6 heteroatoms. The van der Waals surface area contributed by atoms with Crippen molar-refractivity contribution in [2.24, 2.45) is 0 Å². The van der Waals surface area contributed by atoms with Crippen molar-refractivity contribution < 1.29 is 9.72 Å². The summed E-state index contributed by atoms with van der Waals surface area (Å²) in [5, 5.41) is 13.2. The zero-order chi connectivity index (χ0) is 12.1. The summed E-state index contributed by atoms with van der Waals surface area (Å²) in [5.41, 5.74) is 0.725. The highest BCUT2D eigenvalue weighted by Gasteiger charge is 2.14. The Morgan fingerprint density at radius 3 is 2.81 bits per heavy atom. The van der Waals surface area contributed by atoms with Gasteiger partial charge >= 0.3 is 5.82 Å². The van der Waals surface area contributed by atoms with Crippen molar-refractivity contribution in [1.29, 1.82) is 0 Å². The van der Waals surface area contributed by atoms with Gasteiger partial charge in [-0.1, -0.05) is 6.92 Å². The smallest absolute Gasteiger partial charge is 0.358 e. The molecule has 16 heavy (non-hydrogen) atoms. The van der Waals surface area contributed by atoms with Crippen LogP contribution in [0.5, 0.6) is 0 Å². The fraction of sp³-hybridized carbons (Fsp3) is 0.400. The molecule has 86 valence electrons. The fourth-order valence-corrected chi connectivity index (χ4v) is 1.22. The molecule has 1 heterocycles. The zero-order valence-corrected chi connectivity index (χ0v) is 9.19.